The number of nitrogens with one attached hydrogen (secondary N) is 1. The van der Waals surface area contributed by atoms with Crippen molar-refractivity contribution in [2.24, 2.45) is 0 Å². The molecule has 0 aliphatic heterocycles. The number of hydrogen-bond acceptors (Lipinski definition) is 3. The lowest BCUT2D eigenvalue weighted by Gasteiger charge is -2.18. The lowest BCUT2D eigenvalue weighted by Crippen LogP contribution is -2.21. The number of rotatable bonds is 5. The summed E-state index contributed by atoms with van der Waals surface area (Å²) >= 11 is 0. The van der Waals surface area contributed by atoms with Gasteiger partial charge in [0.05, 0.1) is 0 Å². The standard InChI is InChI=1S/C12H19N3O/c1-4-6-7-10-14-9(8-13)11(15-10)12(3,16)5-2/h16H,4-7H2,1-3H3,(H,14,15). The zero-order valence-electron chi connectivity index (χ0n) is 10.2. The average molecular weight is 221 g/mol. The summed E-state index contributed by atoms with van der Waals surface area (Å²) in [6.45, 7) is 5.67. The molecule has 0 aromatic carbocycles. The van der Waals surface area contributed by atoms with Crippen LogP contribution in [0.2, 0.25) is 0 Å². The van der Waals surface area contributed by atoms with Gasteiger partial charge >= 0.3 is 0 Å². The predicted molar refractivity (Wildman–Crippen MR) is 61.8 cm³/mol. The molecule has 88 valence electrons. The molecule has 0 saturated heterocycles. The van der Waals surface area contributed by atoms with Gasteiger partial charge in [-0.3, -0.25) is 0 Å². The molecule has 16 heavy (non-hydrogen) atoms. The molecule has 2 N–H and O–H groups in total. The minimum absolute atomic E-state index is 0.387. The van der Waals surface area contributed by atoms with Gasteiger partial charge < -0.3 is 10.1 Å². The Kier molecular flexibility index (Phi) is 4.08. The van der Waals surface area contributed by atoms with Crippen molar-refractivity contribution in [3.63, 3.8) is 0 Å². The zero-order valence-corrected chi connectivity index (χ0v) is 10.2. The molecule has 0 amide bonds. The van der Waals surface area contributed by atoms with Crippen LogP contribution in [0.25, 0.3) is 0 Å². The van der Waals surface area contributed by atoms with E-state index < -0.39 is 5.60 Å². The predicted octanol–water partition coefficient (Wildman–Crippen LogP) is 2.24. The topological polar surface area (TPSA) is 72.7 Å². The van der Waals surface area contributed by atoms with Crippen molar-refractivity contribution in [2.45, 2.75) is 52.1 Å². The van der Waals surface area contributed by atoms with E-state index in [-0.39, 0.29) is 0 Å². The quantitative estimate of drug-likeness (QED) is 0.800. The van der Waals surface area contributed by atoms with Gasteiger partial charge in [-0.2, -0.15) is 5.26 Å². The number of aromatic amines is 1. The van der Waals surface area contributed by atoms with Crippen LogP contribution in [0.3, 0.4) is 0 Å². The Morgan fingerprint density at radius 2 is 2.19 bits per heavy atom. The number of imidazole rings is 1. The molecule has 4 nitrogen and oxygen atoms in total. The SMILES string of the molecule is CCCCc1nc(C(C)(O)CC)c(C#N)[nH]1. The van der Waals surface area contributed by atoms with Crippen molar-refractivity contribution in [1.82, 2.24) is 9.97 Å². The maximum atomic E-state index is 10.1. The maximum Gasteiger partial charge on any atom is 0.143 e. The molecular weight excluding hydrogens is 202 g/mol. The Morgan fingerprint density at radius 3 is 2.69 bits per heavy atom. The molecule has 0 aliphatic carbocycles. The smallest absolute Gasteiger partial charge is 0.143 e. The van der Waals surface area contributed by atoms with Crippen LogP contribution < -0.4 is 0 Å². The minimum atomic E-state index is -1.02. The summed E-state index contributed by atoms with van der Waals surface area (Å²) in [5.41, 5.74) is -0.159. The summed E-state index contributed by atoms with van der Waals surface area (Å²) in [5, 5.41) is 19.1. The third-order valence-corrected chi connectivity index (χ3v) is 2.83. The first-order valence-corrected chi connectivity index (χ1v) is 5.77. The van der Waals surface area contributed by atoms with Gasteiger partial charge in [0.2, 0.25) is 0 Å². The fraction of sp³-hybridized carbons (Fsp3) is 0.667. The molecule has 0 aliphatic rings. The van der Waals surface area contributed by atoms with E-state index in [4.69, 9.17) is 5.26 Å². The monoisotopic (exact) mass is 221 g/mol. The summed E-state index contributed by atoms with van der Waals surface area (Å²) in [4.78, 5) is 7.31. The van der Waals surface area contributed by atoms with Crippen molar-refractivity contribution in [1.29, 1.82) is 5.26 Å². The Morgan fingerprint density at radius 1 is 1.50 bits per heavy atom. The van der Waals surface area contributed by atoms with Gasteiger partial charge in [-0.25, -0.2) is 4.98 Å². The van der Waals surface area contributed by atoms with E-state index in [1.165, 1.54) is 0 Å². The van der Waals surface area contributed by atoms with E-state index in [1.807, 2.05) is 6.92 Å². The number of nitriles is 1. The van der Waals surface area contributed by atoms with E-state index >= 15 is 0 Å². The van der Waals surface area contributed by atoms with Gasteiger partial charge in [0.25, 0.3) is 0 Å². The van der Waals surface area contributed by atoms with Crippen LogP contribution in [0.15, 0.2) is 0 Å². The lowest BCUT2D eigenvalue weighted by molar-refractivity contribution is 0.0486. The summed E-state index contributed by atoms with van der Waals surface area (Å²) in [6, 6.07) is 2.05. The Balaban J connectivity index is 3.01. The third kappa shape index (κ3) is 2.61. The molecule has 4 heteroatoms. The molecule has 1 aromatic rings. The molecule has 1 heterocycles. The molecule has 0 fully saturated rings. The van der Waals surface area contributed by atoms with Crippen molar-refractivity contribution >= 4 is 0 Å². The fourth-order valence-electron chi connectivity index (χ4n) is 1.52. The van der Waals surface area contributed by atoms with Crippen LogP contribution in [0.1, 0.15) is 57.2 Å². The van der Waals surface area contributed by atoms with Crippen molar-refractivity contribution < 1.29 is 5.11 Å². The van der Waals surface area contributed by atoms with Gasteiger partial charge in [0.1, 0.15) is 28.9 Å². The first kappa shape index (κ1) is 12.7. The Hall–Kier alpha value is -1.34. The number of unbranched alkanes of at least 4 members (excludes halogenated alkanes) is 1. The number of hydrogen-bond donors (Lipinski definition) is 2. The molecule has 0 bridgehead atoms. The number of aryl methyl sites for hydroxylation is 1. The van der Waals surface area contributed by atoms with Crippen LogP contribution >= 0.6 is 0 Å². The van der Waals surface area contributed by atoms with Crippen molar-refractivity contribution in [3.05, 3.63) is 17.2 Å². The van der Waals surface area contributed by atoms with Gasteiger partial charge in [-0.1, -0.05) is 20.3 Å². The van der Waals surface area contributed by atoms with Crippen LogP contribution in [-0.4, -0.2) is 15.1 Å². The number of nitrogens with zero attached hydrogens (tertiary/aromatic N) is 2. The molecule has 0 saturated carbocycles. The first-order chi connectivity index (χ1) is 7.55. The second kappa shape index (κ2) is 5.13. The average Bonchev–Trinajstić information content (AvgIpc) is 2.70. The van der Waals surface area contributed by atoms with Gasteiger partial charge in [-0.15, -0.1) is 0 Å². The summed E-state index contributed by atoms with van der Waals surface area (Å²) < 4.78 is 0. The highest BCUT2D eigenvalue weighted by atomic mass is 16.3. The highest BCUT2D eigenvalue weighted by Gasteiger charge is 2.27. The third-order valence-electron chi connectivity index (χ3n) is 2.83. The molecule has 1 aromatic heterocycles. The maximum absolute atomic E-state index is 10.1. The molecule has 1 rings (SSSR count). The number of aromatic nitrogens is 2. The molecular formula is C12H19N3O. The van der Waals surface area contributed by atoms with E-state index in [0.29, 0.717) is 17.8 Å². The van der Waals surface area contributed by atoms with E-state index in [9.17, 15) is 5.11 Å². The molecule has 1 unspecified atom stereocenters. The molecule has 0 radical (unpaired) electrons. The number of aliphatic hydroxyl groups is 1. The Bertz CT molecular complexity index is 387. The van der Waals surface area contributed by atoms with Crippen molar-refractivity contribution in [2.75, 3.05) is 0 Å². The Labute approximate surface area is 96.3 Å². The summed E-state index contributed by atoms with van der Waals surface area (Å²) in [6.07, 6.45) is 3.49. The zero-order chi connectivity index (χ0) is 12.2. The highest BCUT2D eigenvalue weighted by Crippen LogP contribution is 2.25. The van der Waals surface area contributed by atoms with Crippen LogP contribution in [0.5, 0.6) is 0 Å². The summed E-state index contributed by atoms with van der Waals surface area (Å²) in [7, 11) is 0. The van der Waals surface area contributed by atoms with Gasteiger partial charge in [0, 0.05) is 6.42 Å². The molecule has 0 spiro atoms. The van der Waals surface area contributed by atoms with E-state index in [2.05, 4.69) is 23.0 Å². The van der Waals surface area contributed by atoms with Crippen LogP contribution in [-0.2, 0) is 12.0 Å². The van der Waals surface area contributed by atoms with Gasteiger partial charge in [-0.05, 0) is 19.8 Å². The van der Waals surface area contributed by atoms with E-state index in [1.54, 1.807) is 6.92 Å². The first-order valence-electron chi connectivity index (χ1n) is 5.77. The largest absolute Gasteiger partial charge is 0.384 e. The van der Waals surface area contributed by atoms with Crippen molar-refractivity contribution in [3.8, 4) is 6.07 Å². The highest BCUT2D eigenvalue weighted by molar-refractivity contribution is 5.31. The summed E-state index contributed by atoms with van der Waals surface area (Å²) in [5.74, 6) is 0.794. The lowest BCUT2D eigenvalue weighted by atomic mass is 9.98. The molecule has 1 atom stereocenters. The second-order valence-corrected chi connectivity index (χ2v) is 4.25. The van der Waals surface area contributed by atoms with E-state index in [0.717, 1.165) is 25.1 Å². The fourth-order valence-corrected chi connectivity index (χ4v) is 1.52. The number of H-pyrrole nitrogens is 1. The van der Waals surface area contributed by atoms with Crippen LogP contribution in [0.4, 0.5) is 0 Å². The van der Waals surface area contributed by atoms with Gasteiger partial charge in [0.15, 0.2) is 0 Å². The minimum Gasteiger partial charge on any atom is -0.384 e. The second-order valence-electron chi connectivity index (χ2n) is 4.25. The van der Waals surface area contributed by atoms with Crippen LogP contribution in [0, 0.1) is 11.3 Å². The normalized spacial score (nSPS) is 14.4.